The van der Waals surface area contributed by atoms with Crippen molar-refractivity contribution in [2.45, 2.75) is 0 Å². The molecule has 0 unspecified atom stereocenters. The molecule has 1 aliphatic heterocycles. The molecular weight excluding hydrogens is 340 g/mol. The number of aromatic nitrogens is 2. The summed E-state index contributed by atoms with van der Waals surface area (Å²) in [5.41, 5.74) is 2.16. The first-order valence-electron chi connectivity index (χ1n) is 7.89. The summed E-state index contributed by atoms with van der Waals surface area (Å²) in [5.74, 6) is -0.403. The quantitative estimate of drug-likeness (QED) is 0.710. The highest BCUT2D eigenvalue weighted by Crippen LogP contribution is 2.25. The number of hydrogen-bond acceptors (Lipinski definition) is 3. The van der Waals surface area contributed by atoms with Crippen molar-refractivity contribution in [3.05, 3.63) is 59.5 Å². The number of aromatic amines is 1. The lowest BCUT2D eigenvalue weighted by Crippen LogP contribution is -2.54. The van der Waals surface area contributed by atoms with Gasteiger partial charge in [-0.2, -0.15) is 0 Å². The SMILES string of the molecule is O=C(Nc1ccnc(Cl)c1)C1CN(C(=O)c2c[nH]c3ccccc23)C1. The van der Waals surface area contributed by atoms with E-state index in [1.807, 2.05) is 24.3 Å². The van der Waals surface area contributed by atoms with Crippen LogP contribution in [0.3, 0.4) is 0 Å². The lowest BCUT2D eigenvalue weighted by molar-refractivity contribution is -0.123. The monoisotopic (exact) mass is 354 g/mol. The molecule has 0 atom stereocenters. The maximum atomic E-state index is 12.6. The summed E-state index contributed by atoms with van der Waals surface area (Å²) >= 11 is 5.81. The molecule has 3 aromatic rings. The molecule has 0 aliphatic carbocycles. The van der Waals surface area contributed by atoms with E-state index >= 15 is 0 Å². The van der Waals surface area contributed by atoms with Gasteiger partial charge in [0.15, 0.2) is 0 Å². The zero-order valence-corrected chi connectivity index (χ0v) is 14.0. The van der Waals surface area contributed by atoms with Crippen LogP contribution in [0.4, 0.5) is 5.69 Å². The molecule has 1 saturated heterocycles. The van der Waals surface area contributed by atoms with E-state index in [0.29, 0.717) is 29.5 Å². The average Bonchev–Trinajstić information content (AvgIpc) is 2.97. The number of hydrogen-bond donors (Lipinski definition) is 2. The number of fused-ring (bicyclic) bond motifs is 1. The summed E-state index contributed by atoms with van der Waals surface area (Å²) < 4.78 is 0. The number of nitrogens with zero attached hydrogens (tertiary/aromatic N) is 2. The van der Waals surface area contributed by atoms with Gasteiger partial charge in [0.25, 0.3) is 5.91 Å². The van der Waals surface area contributed by atoms with Crippen LogP contribution in [-0.4, -0.2) is 39.8 Å². The molecule has 2 N–H and O–H groups in total. The number of halogens is 1. The first-order chi connectivity index (χ1) is 12.1. The van der Waals surface area contributed by atoms with E-state index in [4.69, 9.17) is 11.6 Å². The lowest BCUT2D eigenvalue weighted by Gasteiger charge is -2.38. The van der Waals surface area contributed by atoms with Crippen LogP contribution >= 0.6 is 11.6 Å². The van der Waals surface area contributed by atoms with Gasteiger partial charge >= 0.3 is 0 Å². The summed E-state index contributed by atoms with van der Waals surface area (Å²) in [6, 6.07) is 10.9. The number of carbonyl (C=O) groups excluding carboxylic acids is 2. The van der Waals surface area contributed by atoms with Crippen molar-refractivity contribution in [1.29, 1.82) is 0 Å². The topological polar surface area (TPSA) is 78.1 Å². The Morgan fingerprint density at radius 1 is 1.24 bits per heavy atom. The second-order valence-corrected chi connectivity index (χ2v) is 6.40. The fourth-order valence-corrected chi connectivity index (χ4v) is 3.13. The van der Waals surface area contributed by atoms with Crippen molar-refractivity contribution in [2.24, 2.45) is 5.92 Å². The smallest absolute Gasteiger partial charge is 0.256 e. The van der Waals surface area contributed by atoms with Crippen LogP contribution in [0.15, 0.2) is 48.8 Å². The van der Waals surface area contributed by atoms with Gasteiger partial charge in [-0.15, -0.1) is 0 Å². The first-order valence-corrected chi connectivity index (χ1v) is 8.27. The minimum atomic E-state index is -0.221. The van der Waals surface area contributed by atoms with Gasteiger partial charge in [-0.3, -0.25) is 9.59 Å². The van der Waals surface area contributed by atoms with Crippen LogP contribution in [-0.2, 0) is 4.79 Å². The van der Waals surface area contributed by atoms with Gasteiger partial charge in [0.2, 0.25) is 5.91 Å². The Labute approximate surface area is 148 Å². The molecule has 1 aliphatic rings. The predicted octanol–water partition coefficient (Wildman–Crippen LogP) is 2.93. The van der Waals surface area contributed by atoms with E-state index in [2.05, 4.69) is 15.3 Å². The summed E-state index contributed by atoms with van der Waals surface area (Å²) in [4.78, 5) is 33.5. The standard InChI is InChI=1S/C18H15ClN4O2/c19-16-7-12(5-6-20-16)22-17(24)11-9-23(10-11)18(25)14-8-21-15-4-2-1-3-13(14)15/h1-8,11,21H,9-10H2,(H,20,22,24). The van der Waals surface area contributed by atoms with Gasteiger partial charge in [-0.25, -0.2) is 4.98 Å². The Kier molecular flexibility index (Phi) is 3.89. The number of rotatable bonds is 3. The fourth-order valence-electron chi connectivity index (χ4n) is 2.95. The maximum absolute atomic E-state index is 12.6. The molecule has 0 radical (unpaired) electrons. The average molecular weight is 355 g/mol. The number of carbonyl (C=O) groups is 2. The minimum absolute atomic E-state index is 0.0616. The molecule has 25 heavy (non-hydrogen) atoms. The molecule has 0 bridgehead atoms. The molecule has 2 amide bonds. The van der Waals surface area contributed by atoms with E-state index in [9.17, 15) is 9.59 Å². The van der Waals surface area contributed by atoms with Crippen molar-refractivity contribution in [3.8, 4) is 0 Å². The Morgan fingerprint density at radius 3 is 2.84 bits per heavy atom. The first kappa shape index (κ1) is 15.7. The molecule has 1 fully saturated rings. The highest BCUT2D eigenvalue weighted by molar-refractivity contribution is 6.29. The number of H-pyrrole nitrogens is 1. The van der Waals surface area contributed by atoms with Gasteiger partial charge < -0.3 is 15.2 Å². The molecule has 3 heterocycles. The van der Waals surface area contributed by atoms with E-state index in [1.165, 1.54) is 6.20 Å². The minimum Gasteiger partial charge on any atom is -0.360 e. The summed E-state index contributed by atoms with van der Waals surface area (Å²) in [7, 11) is 0. The largest absolute Gasteiger partial charge is 0.360 e. The van der Waals surface area contributed by atoms with Crippen molar-refractivity contribution in [2.75, 3.05) is 18.4 Å². The fraction of sp³-hybridized carbons (Fsp3) is 0.167. The van der Waals surface area contributed by atoms with Gasteiger partial charge in [-0.05, 0) is 18.2 Å². The van der Waals surface area contributed by atoms with Crippen molar-refractivity contribution >= 4 is 40.0 Å². The van der Waals surface area contributed by atoms with Crippen LogP contribution in [0, 0.1) is 5.92 Å². The third-order valence-corrected chi connectivity index (χ3v) is 4.56. The summed E-state index contributed by atoms with van der Waals surface area (Å²) in [6.07, 6.45) is 3.25. The highest BCUT2D eigenvalue weighted by atomic mass is 35.5. The van der Waals surface area contributed by atoms with Crippen molar-refractivity contribution < 1.29 is 9.59 Å². The Hall–Kier alpha value is -2.86. The Morgan fingerprint density at radius 2 is 2.04 bits per heavy atom. The predicted molar refractivity (Wildman–Crippen MR) is 95.6 cm³/mol. The highest BCUT2D eigenvalue weighted by Gasteiger charge is 2.36. The van der Waals surface area contributed by atoms with Crippen molar-refractivity contribution in [1.82, 2.24) is 14.9 Å². The van der Waals surface area contributed by atoms with E-state index < -0.39 is 0 Å². The molecule has 0 saturated carbocycles. The molecule has 7 heteroatoms. The van der Waals surface area contributed by atoms with Crippen LogP contribution in [0.25, 0.3) is 10.9 Å². The maximum Gasteiger partial charge on any atom is 0.256 e. The number of para-hydroxylation sites is 1. The third kappa shape index (κ3) is 2.96. The van der Waals surface area contributed by atoms with Gasteiger partial charge in [0.05, 0.1) is 11.5 Å². The zero-order valence-electron chi connectivity index (χ0n) is 13.2. The molecule has 1 aromatic carbocycles. The van der Waals surface area contributed by atoms with Crippen molar-refractivity contribution in [3.63, 3.8) is 0 Å². The number of pyridine rings is 1. The molecule has 126 valence electrons. The second kappa shape index (κ2) is 6.22. The molecule has 2 aromatic heterocycles. The van der Waals surface area contributed by atoms with Crippen LogP contribution in [0.2, 0.25) is 5.15 Å². The van der Waals surface area contributed by atoms with E-state index in [0.717, 1.165) is 10.9 Å². The van der Waals surface area contributed by atoms with E-state index in [-0.39, 0.29) is 17.7 Å². The second-order valence-electron chi connectivity index (χ2n) is 6.01. The van der Waals surface area contributed by atoms with Crippen LogP contribution in [0.1, 0.15) is 10.4 Å². The van der Waals surface area contributed by atoms with Gasteiger partial charge in [0, 0.05) is 42.1 Å². The third-order valence-electron chi connectivity index (χ3n) is 4.35. The number of amides is 2. The van der Waals surface area contributed by atoms with Gasteiger partial charge in [0.1, 0.15) is 5.15 Å². The number of nitrogens with one attached hydrogen (secondary N) is 2. The molecular formula is C18H15ClN4O2. The molecule has 0 spiro atoms. The normalized spacial score (nSPS) is 14.4. The number of anilines is 1. The van der Waals surface area contributed by atoms with Gasteiger partial charge in [-0.1, -0.05) is 29.8 Å². The number of likely N-dealkylation sites (tertiary alicyclic amines) is 1. The number of benzene rings is 1. The Balaban J connectivity index is 1.40. The summed E-state index contributed by atoms with van der Waals surface area (Å²) in [6.45, 7) is 0.811. The summed E-state index contributed by atoms with van der Waals surface area (Å²) in [5, 5.41) is 4.02. The van der Waals surface area contributed by atoms with Crippen LogP contribution < -0.4 is 5.32 Å². The zero-order chi connectivity index (χ0) is 17.4. The molecule has 6 nitrogen and oxygen atoms in total. The lowest BCUT2D eigenvalue weighted by atomic mass is 9.97. The van der Waals surface area contributed by atoms with E-state index in [1.54, 1.807) is 23.2 Å². The Bertz CT molecular complexity index is 962. The molecule has 4 rings (SSSR count). The van der Waals surface area contributed by atoms with Crippen LogP contribution in [0.5, 0.6) is 0 Å².